The number of rotatable bonds is 1. The van der Waals surface area contributed by atoms with Gasteiger partial charge in [-0.25, -0.2) is 4.79 Å². The molecule has 1 N–H and O–H groups in total. The van der Waals surface area contributed by atoms with Crippen molar-refractivity contribution in [3.63, 3.8) is 0 Å². The van der Waals surface area contributed by atoms with Crippen molar-refractivity contribution in [1.82, 2.24) is 5.48 Å². The molecule has 0 aliphatic heterocycles. The summed E-state index contributed by atoms with van der Waals surface area (Å²) in [6.07, 6.45) is 0. The van der Waals surface area contributed by atoms with Crippen LogP contribution in [0.5, 0.6) is 0 Å². The number of carbonyl (C=O) groups is 1. The van der Waals surface area contributed by atoms with Gasteiger partial charge in [0.05, 0.1) is 4.88 Å². The fourth-order valence-corrected chi connectivity index (χ4v) is 1.45. The van der Waals surface area contributed by atoms with Crippen LogP contribution in [0.15, 0.2) is 22.5 Å². The summed E-state index contributed by atoms with van der Waals surface area (Å²) >= 11 is 6.44. The maximum Gasteiger partial charge on any atom is 0.427 e. The number of hydrogen-bond acceptors (Lipinski definition) is 4. The van der Waals surface area contributed by atoms with Crippen LogP contribution in [0.2, 0.25) is 0 Å². The zero-order valence-electron chi connectivity index (χ0n) is 6.78. The molecule has 0 spiro atoms. The number of hydrogen-bond donors (Lipinski definition) is 1. The molecule has 0 fully saturated rings. The molecule has 0 aliphatic rings. The van der Waals surface area contributed by atoms with Gasteiger partial charge < -0.3 is 4.84 Å². The van der Waals surface area contributed by atoms with Gasteiger partial charge >= 0.3 is 5.43 Å². The maximum absolute atomic E-state index is 10.3. The second-order valence-corrected chi connectivity index (χ2v) is 3.25. The minimum atomic E-state index is -0.919. The molecule has 4 nitrogen and oxygen atoms in total. The molecule has 6 heteroatoms. The number of halogens is 1. The number of thiophene rings is 1. The van der Waals surface area contributed by atoms with Gasteiger partial charge in [0.15, 0.2) is 5.84 Å². The molecule has 0 amide bonds. The Kier molecular flexibility index (Phi) is 3.72. The van der Waals surface area contributed by atoms with E-state index in [9.17, 15) is 4.79 Å². The summed E-state index contributed by atoms with van der Waals surface area (Å²) in [5.74, 6) is 0.476. The minimum absolute atomic E-state index is 0.476. The lowest BCUT2D eigenvalue weighted by Gasteiger charge is -2.03. The predicted molar refractivity (Wildman–Crippen MR) is 52.2 cm³/mol. The normalized spacial score (nSPS) is 11.1. The van der Waals surface area contributed by atoms with E-state index in [4.69, 9.17) is 11.6 Å². The van der Waals surface area contributed by atoms with Crippen LogP contribution < -0.4 is 5.48 Å². The van der Waals surface area contributed by atoms with Crippen LogP contribution in [0.25, 0.3) is 0 Å². The third-order valence-corrected chi connectivity index (χ3v) is 2.16. The molecule has 1 heterocycles. The highest BCUT2D eigenvalue weighted by Crippen LogP contribution is 2.08. The van der Waals surface area contributed by atoms with Gasteiger partial charge in [-0.05, 0) is 11.4 Å². The Morgan fingerprint density at radius 1 is 1.77 bits per heavy atom. The minimum Gasteiger partial charge on any atom is -0.327 e. The lowest BCUT2D eigenvalue weighted by molar-refractivity contribution is 0.147. The first-order valence-electron chi connectivity index (χ1n) is 3.37. The Bertz CT molecular complexity index is 310. The summed E-state index contributed by atoms with van der Waals surface area (Å²) in [6.45, 7) is 0. The predicted octanol–water partition coefficient (Wildman–Crippen LogP) is 2.00. The zero-order valence-corrected chi connectivity index (χ0v) is 8.35. The van der Waals surface area contributed by atoms with Gasteiger partial charge in [-0.15, -0.1) is 11.3 Å². The highest BCUT2D eigenvalue weighted by Gasteiger charge is 2.04. The molecule has 0 aromatic carbocycles. The first-order chi connectivity index (χ1) is 6.24. The molecule has 1 aromatic rings. The van der Waals surface area contributed by atoms with Crippen LogP contribution in [0.3, 0.4) is 0 Å². The Balaban J connectivity index is 2.60. The second kappa shape index (κ2) is 4.84. The van der Waals surface area contributed by atoms with E-state index in [1.165, 1.54) is 11.3 Å². The van der Waals surface area contributed by atoms with Crippen molar-refractivity contribution >= 4 is 34.2 Å². The van der Waals surface area contributed by atoms with E-state index in [0.29, 0.717) is 5.84 Å². The zero-order chi connectivity index (χ0) is 9.68. The maximum atomic E-state index is 10.3. The number of nitrogens with one attached hydrogen (secondary N) is 1. The van der Waals surface area contributed by atoms with E-state index in [2.05, 4.69) is 15.3 Å². The molecular formula is C7H7ClN2O2S. The van der Waals surface area contributed by atoms with Crippen molar-refractivity contribution in [3.05, 3.63) is 22.4 Å². The van der Waals surface area contributed by atoms with Gasteiger partial charge in [0.2, 0.25) is 0 Å². The molecule has 1 rings (SSSR count). The van der Waals surface area contributed by atoms with E-state index in [1.54, 1.807) is 7.05 Å². The van der Waals surface area contributed by atoms with E-state index in [0.717, 1.165) is 4.88 Å². The average molecular weight is 219 g/mol. The standard InChI is InChI=1S/C7H7ClN2O2S/c1-9-6(10-12-7(8)11)5-3-2-4-13-5/h2-4H,1H3,(H,9,10). The number of nitrogens with zero attached hydrogens (tertiary/aromatic N) is 1. The molecule has 0 saturated heterocycles. The molecule has 0 aliphatic carbocycles. The fraction of sp³-hybridized carbons (Fsp3) is 0.143. The average Bonchev–Trinajstić information content (AvgIpc) is 2.58. The van der Waals surface area contributed by atoms with Crippen molar-refractivity contribution in [1.29, 1.82) is 0 Å². The van der Waals surface area contributed by atoms with Crippen molar-refractivity contribution in [2.45, 2.75) is 0 Å². The summed E-state index contributed by atoms with van der Waals surface area (Å²) in [4.78, 5) is 19.4. The van der Waals surface area contributed by atoms with Crippen LogP contribution in [-0.2, 0) is 4.84 Å². The molecule has 0 bridgehead atoms. The van der Waals surface area contributed by atoms with Gasteiger partial charge in [0.25, 0.3) is 0 Å². The van der Waals surface area contributed by atoms with Gasteiger partial charge in [0, 0.05) is 18.6 Å². The topological polar surface area (TPSA) is 50.7 Å². The van der Waals surface area contributed by atoms with Gasteiger partial charge in [-0.3, -0.25) is 4.99 Å². The summed E-state index contributed by atoms with van der Waals surface area (Å²) in [7, 11) is 1.59. The largest absolute Gasteiger partial charge is 0.427 e. The van der Waals surface area contributed by atoms with Gasteiger partial charge in [-0.2, -0.15) is 5.48 Å². The first kappa shape index (κ1) is 10.0. The van der Waals surface area contributed by atoms with Crippen LogP contribution >= 0.6 is 22.9 Å². The van der Waals surface area contributed by atoms with Crippen LogP contribution in [0, 0.1) is 0 Å². The quantitative estimate of drug-likeness (QED) is 0.340. The lowest BCUT2D eigenvalue weighted by atomic mass is 10.4. The van der Waals surface area contributed by atoms with Crippen LogP contribution in [0.1, 0.15) is 4.88 Å². The van der Waals surface area contributed by atoms with Gasteiger partial charge in [0.1, 0.15) is 0 Å². The summed E-state index contributed by atoms with van der Waals surface area (Å²) in [6, 6.07) is 3.72. The number of amidine groups is 1. The highest BCUT2D eigenvalue weighted by molar-refractivity contribution is 7.12. The van der Waals surface area contributed by atoms with E-state index in [1.807, 2.05) is 17.5 Å². The van der Waals surface area contributed by atoms with E-state index in [-0.39, 0.29) is 0 Å². The summed E-state index contributed by atoms with van der Waals surface area (Å²) in [5.41, 5.74) is 1.43. The van der Waals surface area contributed by atoms with Crippen molar-refractivity contribution in [2.24, 2.45) is 4.99 Å². The van der Waals surface area contributed by atoms with Gasteiger partial charge in [-0.1, -0.05) is 6.07 Å². The molecule has 0 radical (unpaired) electrons. The van der Waals surface area contributed by atoms with Crippen molar-refractivity contribution in [2.75, 3.05) is 7.05 Å². The molecule has 0 atom stereocenters. The number of hydroxylamine groups is 1. The summed E-state index contributed by atoms with van der Waals surface area (Å²) in [5, 5.41) is 1.89. The molecule has 70 valence electrons. The third kappa shape index (κ3) is 3.04. The Hall–Kier alpha value is -1.07. The SMILES string of the molecule is CN=C(NOC(=O)Cl)c1cccs1. The Morgan fingerprint density at radius 3 is 3.00 bits per heavy atom. The number of aliphatic imine (C=N–C) groups is 1. The third-order valence-electron chi connectivity index (χ3n) is 1.21. The van der Waals surface area contributed by atoms with Crippen molar-refractivity contribution in [3.8, 4) is 0 Å². The molecule has 0 unspecified atom stereocenters. The monoisotopic (exact) mass is 218 g/mol. The summed E-state index contributed by atoms with van der Waals surface area (Å²) < 4.78 is 0. The van der Waals surface area contributed by atoms with Crippen LogP contribution in [0.4, 0.5) is 4.79 Å². The van der Waals surface area contributed by atoms with Crippen LogP contribution in [-0.4, -0.2) is 18.3 Å². The smallest absolute Gasteiger partial charge is 0.327 e. The Morgan fingerprint density at radius 2 is 2.54 bits per heavy atom. The van der Waals surface area contributed by atoms with Crippen molar-refractivity contribution < 1.29 is 9.63 Å². The molecular weight excluding hydrogens is 212 g/mol. The Labute approximate surface area is 84.1 Å². The first-order valence-corrected chi connectivity index (χ1v) is 4.62. The van der Waals surface area contributed by atoms with E-state index >= 15 is 0 Å². The highest BCUT2D eigenvalue weighted by atomic mass is 35.5. The second-order valence-electron chi connectivity index (χ2n) is 1.99. The van der Waals surface area contributed by atoms with E-state index < -0.39 is 5.43 Å². The molecule has 1 aromatic heterocycles. The molecule has 0 saturated carbocycles. The lowest BCUT2D eigenvalue weighted by Crippen LogP contribution is -2.24. The fourth-order valence-electron chi connectivity index (χ4n) is 0.708. The number of carbonyl (C=O) groups excluding carboxylic acids is 1. The molecule has 13 heavy (non-hydrogen) atoms.